The average Bonchev–Trinajstić information content (AvgIpc) is 3.32. The van der Waals surface area contributed by atoms with Crippen LogP contribution in [0.25, 0.3) is 17.0 Å². The van der Waals surface area contributed by atoms with Crippen LogP contribution in [0.1, 0.15) is 26.3 Å². The number of fused-ring (bicyclic) bond motifs is 1. The summed E-state index contributed by atoms with van der Waals surface area (Å²) in [6, 6.07) is 15.7. The minimum Gasteiger partial charge on any atom is -0.493 e. The molecule has 190 valence electrons. The van der Waals surface area contributed by atoms with E-state index in [-0.39, 0.29) is 11.7 Å². The van der Waals surface area contributed by atoms with Crippen molar-refractivity contribution in [1.29, 1.82) is 0 Å². The molecule has 0 bridgehead atoms. The van der Waals surface area contributed by atoms with Gasteiger partial charge >= 0.3 is 0 Å². The molecule has 0 N–H and O–H groups in total. The molecule has 4 aromatic rings. The number of rotatable bonds is 9. The second kappa shape index (κ2) is 10.9. The van der Waals surface area contributed by atoms with E-state index in [1.807, 2.05) is 24.3 Å². The van der Waals surface area contributed by atoms with Gasteiger partial charge in [-0.15, -0.1) is 0 Å². The minimum atomic E-state index is -0.262. The number of carbonyl (C=O) groups excluding carboxylic acids is 2. The zero-order chi connectivity index (χ0) is 26.5. The fraction of sp³-hybridized carbons (Fsp3) is 0.172. The highest BCUT2D eigenvalue weighted by molar-refractivity contribution is 6.09. The first-order chi connectivity index (χ1) is 17.9. The molecule has 8 heteroatoms. The molecule has 0 aliphatic rings. The zero-order valence-electron chi connectivity index (χ0n) is 21.2. The van der Waals surface area contributed by atoms with Crippen molar-refractivity contribution in [3.63, 3.8) is 0 Å². The van der Waals surface area contributed by atoms with Crippen molar-refractivity contribution in [3.8, 4) is 28.7 Å². The summed E-state index contributed by atoms with van der Waals surface area (Å²) in [4.78, 5) is 26.5. The first-order valence-electron chi connectivity index (χ1n) is 11.3. The standard InChI is InChI=1S/C29H27NO7/c1-33-24-13-11-18(14-25(24)34-2)29(32)30-17-19(21-8-6-7-9-22(21)30)10-12-23(31)20-15-26(35-3)28(37-5)27(16-20)36-4/h6-17H,1-5H3/b12-10+. The summed E-state index contributed by atoms with van der Waals surface area (Å²) >= 11 is 0. The number of aromatic nitrogens is 1. The molecule has 0 saturated heterocycles. The molecule has 8 nitrogen and oxygen atoms in total. The van der Waals surface area contributed by atoms with E-state index >= 15 is 0 Å². The summed E-state index contributed by atoms with van der Waals surface area (Å²) in [5, 5.41) is 0.824. The molecule has 0 atom stereocenters. The van der Waals surface area contributed by atoms with Crippen molar-refractivity contribution in [2.24, 2.45) is 0 Å². The molecule has 0 spiro atoms. The monoisotopic (exact) mass is 501 g/mol. The Labute approximate surface area is 214 Å². The highest BCUT2D eigenvalue weighted by atomic mass is 16.5. The average molecular weight is 502 g/mol. The van der Waals surface area contributed by atoms with Crippen LogP contribution in [-0.4, -0.2) is 51.8 Å². The Hall–Kier alpha value is -4.72. The van der Waals surface area contributed by atoms with Crippen molar-refractivity contribution in [2.45, 2.75) is 0 Å². The van der Waals surface area contributed by atoms with Gasteiger partial charge in [0.15, 0.2) is 28.8 Å². The van der Waals surface area contributed by atoms with Gasteiger partial charge in [0, 0.05) is 28.3 Å². The van der Waals surface area contributed by atoms with Crippen molar-refractivity contribution >= 4 is 28.7 Å². The summed E-state index contributed by atoms with van der Waals surface area (Å²) in [6.45, 7) is 0. The first-order valence-corrected chi connectivity index (χ1v) is 11.3. The van der Waals surface area contributed by atoms with Gasteiger partial charge in [-0.25, -0.2) is 0 Å². The maximum atomic E-state index is 13.4. The van der Waals surface area contributed by atoms with E-state index in [1.54, 1.807) is 47.2 Å². The molecule has 1 aromatic heterocycles. The fourth-order valence-electron chi connectivity index (χ4n) is 4.10. The van der Waals surface area contributed by atoms with E-state index in [2.05, 4.69) is 0 Å². The maximum absolute atomic E-state index is 13.4. The lowest BCUT2D eigenvalue weighted by molar-refractivity contribution is 0.0964. The van der Waals surface area contributed by atoms with E-state index in [1.165, 1.54) is 41.6 Å². The molecule has 0 saturated carbocycles. The fourth-order valence-corrected chi connectivity index (χ4v) is 4.10. The van der Waals surface area contributed by atoms with Gasteiger partial charge in [0.2, 0.25) is 5.75 Å². The Morgan fingerprint density at radius 1 is 0.703 bits per heavy atom. The zero-order valence-corrected chi connectivity index (χ0v) is 21.2. The second-order valence-electron chi connectivity index (χ2n) is 7.96. The highest BCUT2D eigenvalue weighted by Gasteiger charge is 2.18. The van der Waals surface area contributed by atoms with Crippen molar-refractivity contribution in [2.75, 3.05) is 35.5 Å². The number of benzene rings is 3. The van der Waals surface area contributed by atoms with Gasteiger partial charge < -0.3 is 23.7 Å². The third-order valence-corrected chi connectivity index (χ3v) is 5.96. The lowest BCUT2D eigenvalue weighted by atomic mass is 10.1. The minimum absolute atomic E-state index is 0.243. The van der Waals surface area contributed by atoms with Crippen LogP contribution in [0.3, 0.4) is 0 Å². The molecule has 1 heterocycles. The van der Waals surface area contributed by atoms with E-state index in [9.17, 15) is 9.59 Å². The van der Waals surface area contributed by atoms with Gasteiger partial charge in [-0.1, -0.05) is 18.2 Å². The third-order valence-electron chi connectivity index (χ3n) is 5.96. The molecule has 0 aliphatic carbocycles. The van der Waals surface area contributed by atoms with Crippen LogP contribution in [0.2, 0.25) is 0 Å². The van der Waals surface area contributed by atoms with Crippen LogP contribution < -0.4 is 23.7 Å². The maximum Gasteiger partial charge on any atom is 0.262 e. The topological polar surface area (TPSA) is 85.2 Å². The van der Waals surface area contributed by atoms with Crippen LogP contribution in [0.15, 0.2) is 66.9 Å². The number of hydrogen-bond donors (Lipinski definition) is 0. The molecule has 0 fully saturated rings. The molecular formula is C29H27NO7. The Balaban J connectivity index is 1.71. The number of ether oxygens (including phenoxy) is 5. The summed E-state index contributed by atoms with van der Waals surface area (Å²) < 4.78 is 28.2. The van der Waals surface area contributed by atoms with Crippen LogP contribution in [0.4, 0.5) is 0 Å². The Morgan fingerprint density at radius 2 is 1.32 bits per heavy atom. The molecule has 0 amide bonds. The number of carbonyl (C=O) groups is 2. The molecule has 0 aliphatic heterocycles. The molecule has 4 rings (SSSR count). The Bertz CT molecular complexity index is 1470. The van der Waals surface area contributed by atoms with Crippen LogP contribution in [0.5, 0.6) is 28.7 Å². The van der Waals surface area contributed by atoms with Gasteiger partial charge in [-0.2, -0.15) is 0 Å². The largest absolute Gasteiger partial charge is 0.493 e. The molecule has 3 aromatic carbocycles. The predicted octanol–water partition coefficient (Wildman–Crippen LogP) is 5.27. The third kappa shape index (κ3) is 4.86. The summed E-state index contributed by atoms with van der Waals surface area (Å²) in [7, 11) is 7.54. The number of hydrogen-bond acceptors (Lipinski definition) is 7. The summed E-state index contributed by atoms with van der Waals surface area (Å²) in [5.41, 5.74) is 2.23. The van der Waals surface area contributed by atoms with Gasteiger partial charge in [-0.05, 0) is 48.6 Å². The van der Waals surface area contributed by atoms with Crippen molar-refractivity contribution < 1.29 is 33.3 Å². The van der Waals surface area contributed by atoms with E-state index in [4.69, 9.17) is 23.7 Å². The number of methoxy groups -OCH3 is 5. The smallest absolute Gasteiger partial charge is 0.262 e. The van der Waals surface area contributed by atoms with Crippen LogP contribution in [0, 0.1) is 0 Å². The number of para-hydroxylation sites is 1. The number of nitrogens with zero attached hydrogens (tertiary/aromatic N) is 1. The quantitative estimate of drug-likeness (QED) is 0.228. The predicted molar refractivity (Wildman–Crippen MR) is 141 cm³/mol. The highest BCUT2D eigenvalue weighted by Crippen LogP contribution is 2.38. The normalized spacial score (nSPS) is 10.9. The van der Waals surface area contributed by atoms with Crippen LogP contribution >= 0.6 is 0 Å². The van der Waals surface area contributed by atoms with E-state index in [0.29, 0.717) is 51.0 Å². The lowest BCUT2D eigenvalue weighted by Crippen LogP contribution is -2.11. The molecule has 0 unspecified atom stereocenters. The van der Waals surface area contributed by atoms with Gasteiger partial charge in [0.25, 0.3) is 5.91 Å². The van der Waals surface area contributed by atoms with E-state index < -0.39 is 0 Å². The Morgan fingerprint density at radius 3 is 1.95 bits per heavy atom. The second-order valence-corrected chi connectivity index (χ2v) is 7.96. The number of ketones is 1. The summed E-state index contributed by atoms with van der Waals surface area (Å²) in [6.07, 6.45) is 4.85. The molecular weight excluding hydrogens is 474 g/mol. The summed E-state index contributed by atoms with van der Waals surface area (Å²) in [5.74, 6) is 1.66. The Kier molecular flexibility index (Phi) is 7.48. The first kappa shape index (κ1) is 25.4. The molecule has 37 heavy (non-hydrogen) atoms. The van der Waals surface area contributed by atoms with Gasteiger partial charge in [0.1, 0.15) is 0 Å². The van der Waals surface area contributed by atoms with Gasteiger partial charge in [0.05, 0.1) is 41.1 Å². The SMILES string of the molecule is COc1ccc(C(=O)n2cc(/C=C/C(=O)c3cc(OC)c(OC)c(OC)c3)c3ccccc32)cc1OC. The van der Waals surface area contributed by atoms with Crippen molar-refractivity contribution in [3.05, 3.63) is 83.6 Å². The lowest BCUT2D eigenvalue weighted by Gasteiger charge is -2.13. The molecule has 0 radical (unpaired) electrons. The number of allylic oxidation sites excluding steroid dienone is 1. The van der Waals surface area contributed by atoms with Gasteiger partial charge in [-0.3, -0.25) is 14.2 Å². The van der Waals surface area contributed by atoms with Crippen LogP contribution in [-0.2, 0) is 0 Å². The van der Waals surface area contributed by atoms with E-state index in [0.717, 1.165) is 5.39 Å². The van der Waals surface area contributed by atoms with Crippen molar-refractivity contribution in [1.82, 2.24) is 4.57 Å².